The molecule has 19 heavy (non-hydrogen) atoms. The number of ether oxygens (including phenoxy) is 1. The van der Waals surface area contributed by atoms with Crippen molar-refractivity contribution in [1.82, 2.24) is 5.32 Å². The third-order valence-corrected chi connectivity index (χ3v) is 2.88. The Morgan fingerprint density at radius 3 is 2.79 bits per heavy atom. The van der Waals surface area contributed by atoms with Crippen molar-refractivity contribution in [3.8, 4) is 0 Å². The van der Waals surface area contributed by atoms with Crippen LogP contribution >= 0.6 is 15.9 Å². The molecule has 0 bridgehead atoms. The molecule has 0 radical (unpaired) electrons. The number of aliphatic carboxylic acids is 1. The van der Waals surface area contributed by atoms with Crippen LogP contribution in [0.5, 0.6) is 0 Å². The summed E-state index contributed by atoms with van der Waals surface area (Å²) in [5.41, 5.74) is -0.210. The van der Waals surface area contributed by atoms with E-state index in [1.807, 2.05) is 0 Å². The molecule has 1 amide bonds. The molecule has 1 aromatic carbocycles. The molecule has 1 aromatic rings. The molecule has 0 fully saturated rings. The number of hydrogen-bond donors (Lipinski definition) is 2. The Bertz CT molecular complexity index is 481. The SMILES string of the molecule is COCCC(NC(=O)c1cc(Br)ccc1F)C(=O)O. The minimum atomic E-state index is -1.19. The van der Waals surface area contributed by atoms with Crippen molar-refractivity contribution in [2.75, 3.05) is 13.7 Å². The topological polar surface area (TPSA) is 75.6 Å². The van der Waals surface area contributed by atoms with Crippen LogP contribution in [0, 0.1) is 5.82 Å². The molecule has 104 valence electrons. The van der Waals surface area contributed by atoms with Crippen LogP contribution in [0.25, 0.3) is 0 Å². The second kappa shape index (κ2) is 7.20. The van der Waals surface area contributed by atoms with Gasteiger partial charge in [0, 0.05) is 24.6 Å². The number of carbonyl (C=O) groups is 2. The lowest BCUT2D eigenvalue weighted by molar-refractivity contribution is -0.139. The van der Waals surface area contributed by atoms with Crippen LogP contribution in [-0.4, -0.2) is 36.7 Å². The zero-order valence-electron chi connectivity index (χ0n) is 10.2. The zero-order valence-corrected chi connectivity index (χ0v) is 11.7. The van der Waals surface area contributed by atoms with E-state index in [0.717, 1.165) is 6.07 Å². The van der Waals surface area contributed by atoms with Crippen LogP contribution in [0.4, 0.5) is 4.39 Å². The number of carboxylic acid groups (broad SMARTS) is 1. The Morgan fingerprint density at radius 1 is 1.53 bits per heavy atom. The number of amides is 1. The highest BCUT2D eigenvalue weighted by molar-refractivity contribution is 9.10. The van der Waals surface area contributed by atoms with Gasteiger partial charge in [0.1, 0.15) is 11.9 Å². The number of carbonyl (C=O) groups excluding carboxylic acids is 1. The zero-order chi connectivity index (χ0) is 14.4. The van der Waals surface area contributed by atoms with Gasteiger partial charge in [0.15, 0.2) is 0 Å². The molecule has 2 N–H and O–H groups in total. The van der Waals surface area contributed by atoms with E-state index in [4.69, 9.17) is 9.84 Å². The average Bonchev–Trinajstić information content (AvgIpc) is 2.36. The number of rotatable bonds is 6. The molecule has 0 spiro atoms. The van der Waals surface area contributed by atoms with Gasteiger partial charge >= 0.3 is 5.97 Å². The molecule has 1 atom stereocenters. The van der Waals surface area contributed by atoms with Crippen LogP contribution in [0.3, 0.4) is 0 Å². The number of methoxy groups -OCH3 is 1. The van der Waals surface area contributed by atoms with E-state index in [1.54, 1.807) is 0 Å². The number of nitrogens with one attached hydrogen (secondary N) is 1. The summed E-state index contributed by atoms with van der Waals surface area (Å²) in [6.45, 7) is 0.179. The molecule has 1 rings (SSSR count). The number of halogens is 2. The number of carboxylic acids is 1. The number of hydrogen-bond acceptors (Lipinski definition) is 3. The van der Waals surface area contributed by atoms with Crippen molar-refractivity contribution in [3.63, 3.8) is 0 Å². The number of benzene rings is 1. The quantitative estimate of drug-likeness (QED) is 0.832. The summed E-state index contributed by atoms with van der Waals surface area (Å²) in [6, 6.07) is 2.75. The monoisotopic (exact) mass is 333 g/mol. The minimum absolute atomic E-state index is 0.104. The first kappa shape index (κ1) is 15.6. The summed E-state index contributed by atoms with van der Waals surface area (Å²) in [5, 5.41) is 11.2. The predicted molar refractivity (Wildman–Crippen MR) is 69.5 cm³/mol. The van der Waals surface area contributed by atoms with Gasteiger partial charge in [-0.1, -0.05) is 15.9 Å². The van der Waals surface area contributed by atoms with Gasteiger partial charge in [-0.25, -0.2) is 9.18 Å². The normalized spacial score (nSPS) is 11.9. The fraction of sp³-hybridized carbons (Fsp3) is 0.333. The van der Waals surface area contributed by atoms with Gasteiger partial charge in [0.05, 0.1) is 5.56 Å². The maximum Gasteiger partial charge on any atom is 0.326 e. The summed E-state index contributed by atoms with van der Waals surface area (Å²) < 4.78 is 18.8. The lowest BCUT2D eigenvalue weighted by Crippen LogP contribution is -2.41. The third-order valence-electron chi connectivity index (χ3n) is 2.39. The van der Waals surface area contributed by atoms with E-state index in [0.29, 0.717) is 4.47 Å². The molecule has 7 heteroatoms. The fourth-order valence-electron chi connectivity index (χ4n) is 1.40. The smallest absolute Gasteiger partial charge is 0.326 e. The lowest BCUT2D eigenvalue weighted by atomic mass is 10.1. The van der Waals surface area contributed by atoms with Crippen molar-refractivity contribution < 1.29 is 23.8 Å². The van der Waals surface area contributed by atoms with E-state index in [-0.39, 0.29) is 18.6 Å². The summed E-state index contributed by atoms with van der Waals surface area (Å²) in [7, 11) is 1.43. The molecule has 0 aromatic heterocycles. The van der Waals surface area contributed by atoms with Gasteiger partial charge < -0.3 is 15.2 Å². The van der Waals surface area contributed by atoms with Gasteiger partial charge in [-0.3, -0.25) is 4.79 Å². The second-order valence-corrected chi connectivity index (χ2v) is 4.69. The molecule has 0 saturated heterocycles. The van der Waals surface area contributed by atoms with Gasteiger partial charge in [-0.2, -0.15) is 0 Å². The van der Waals surface area contributed by atoms with Crippen molar-refractivity contribution in [3.05, 3.63) is 34.1 Å². The van der Waals surface area contributed by atoms with Crippen LogP contribution < -0.4 is 5.32 Å². The molecule has 0 aliphatic carbocycles. The summed E-state index contributed by atoms with van der Waals surface area (Å²) in [5.74, 6) is -2.68. The summed E-state index contributed by atoms with van der Waals surface area (Å²) in [4.78, 5) is 22.8. The van der Waals surface area contributed by atoms with Gasteiger partial charge in [0.25, 0.3) is 5.91 Å². The van der Waals surface area contributed by atoms with E-state index in [2.05, 4.69) is 21.2 Å². The second-order valence-electron chi connectivity index (χ2n) is 3.77. The molecule has 5 nitrogen and oxygen atoms in total. The molecular weight excluding hydrogens is 321 g/mol. The van der Waals surface area contributed by atoms with Crippen LogP contribution in [0.2, 0.25) is 0 Å². The first-order valence-electron chi connectivity index (χ1n) is 5.43. The maximum absolute atomic E-state index is 13.5. The highest BCUT2D eigenvalue weighted by Crippen LogP contribution is 2.15. The molecule has 0 heterocycles. The maximum atomic E-state index is 13.5. The minimum Gasteiger partial charge on any atom is -0.480 e. The standard InChI is InChI=1S/C12H13BrFNO4/c1-19-5-4-10(12(17)18)15-11(16)8-6-7(13)2-3-9(8)14/h2-3,6,10H,4-5H2,1H3,(H,15,16)(H,17,18). The predicted octanol–water partition coefficient (Wildman–Crippen LogP) is 1.81. The van der Waals surface area contributed by atoms with Crippen molar-refractivity contribution >= 4 is 27.8 Å². The third kappa shape index (κ3) is 4.60. The van der Waals surface area contributed by atoms with E-state index in [1.165, 1.54) is 19.2 Å². The van der Waals surface area contributed by atoms with Gasteiger partial charge in [-0.05, 0) is 18.2 Å². The summed E-state index contributed by atoms with van der Waals surface area (Å²) in [6.07, 6.45) is 0.104. The average molecular weight is 334 g/mol. The lowest BCUT2D eigenvalue weighted by Gasteiger charge is -2.14. The van der Waals surface area contributed by atoms with E-state index in [9.17, 15) is 14.0 Å². The Morgan fingerprint density at radius 2 is 2.21 bits per heavy atom. The van der Waals surface area contributed by atoms with E-state index >= 15 is 0 Å². The van der Waals surface area contributed by atoms with E-state index < -0.39 is 23.7 Å². The Hall–Kier alpha value is -1.47. The van der Waals surface area contributed by atoms with Crippen LogP contribution in [0.1, 0.15) is 16.8 Å². The van der Waals surface area contributed by atoms with Crippen molar-refractivity contribution in [1.29, 1.82) is 0 Å². The highest BCUT2D eigenvalue weighted by atomic mass is 79.9. The van der Waals surface area contributed by atoms with Crippen LogP contribution in [-0.2, 0) is 9.53 Å². The Kier molecular flexibility index (Phi) is 5.91. The van der Waals surface area contributed by atoms with Crippen molar-refractivity contribution in [2.45, 2.75) is 12.5 Å². The molecular formula is C12H13BrFNO4. The first-order chi connectivity index (χ1) is 8.95. The van der Waals surface area contributed by atoms with Gasteiger partial charge in [0.2, 0.25) is 0 Å². The molecule has 0 saturated carbocycles. The molecule has 1 unspecified atom stereocenters. The van der Waals surface area contributed by atoms with Crippen LogP contribution in [0.15, 0.2) is 22.7 Å². The Labute approximate surface area is 117 Å². The highest BCUT2D eigenvalue weighted by Gasteiger charge is 2.22. The first-order valence-corrected chi connectivity index (χ1v) is 6.22. The van der Waals surface area contributed by atoms with Gasteiger partial charge in [-0.15, -0.1) is 0 Å². The van der Waals surface area contributed by atoms with Crippen molar-refractivity contribution in [2.24, 2.45) is 0 Å². The largest absolute Gasteiger partial charge is 0.480 e. The molecule has 0 aliphatic rings. The fourth-order valence-corrected chi connectivity index (χ4v) is 1.76. The summed E-state index contributed by atoms with van der Waals surface area (Å²) >= 11 is 3.12. The Balaban J connectivity index is 2.81. The molecule has 0 aliphatic heterocycles.